The molecule has 0 aliphatic rings. The second-order valence-electron chi connectivity index (χ2n) is 2.38. The van der Waals surface area contributed by atoms with E-state index in [9.17, 15) is 0 Å². The number of aliphatic hydroxyl groups is 1. The van der Waals surface area contributed by atoms with Crippen molar-refractivity contribution in [1.29, 1.82) is 0 Å². The highest BCUT2D eigenvalue weighted by atomic mass is 35.5. The summed E-state index contributed by atoms with van der Waals surface area (Å²) in [6.07, 6.45) is 1.67. The van der Waals surface area contributed by atoms with E-state index in [0.717, 1.165) is 15.0 Å². The van der Waals surface area contributed by atoms with Gasteiger partial charge in [0.05, 0.1) is 6.61 Å². The van der Waals surface area contributed by atoms with Gasteiger partial charge in [0.2, 0.25) is 0 Å². The predicted octanol–water partition coefficient (Wildman–Crippen LogP) is 2.44. The highest BCUT2D eigenvalue weighted by molar-refractivity contribution is 7.19. The first-order valence-corrected chi connectivity index (χ1v) is 4.64. The van der Waals surface area contributed by atoms with Crippen molar-refractivity contribution in [3.8, 4) is 0 Å². The summed E-state index contributed by atoms with van der Waals surface area (Å²) >= 11 is 7.38. The molecule has 0 aromatic carbocycles. The normalized spacial score (nSPS) is 10.8. The van der Waals surface area contributed by atoms with Gasteiger partial charge in [0.1, 0.15) is 5.15 Å². The lowest BCUT2D eigenvalue weighted by molar-refractivity contribution is 0.285. The zero-order chi connectivity index (χ0) is 8.55. The minimum absolute atomic E-state index is 0.0652. The zero-order valence-electron chi connectivity index (χ0n) is 6.12. The van der Waals surface area contributed by atoms with Crippen LogP contribution in [-0.4, -0.2) is 10.1 Å². The van der Waals surface area contributed by atoms with Crippen molar-refractivity contribution in [2.75, 3.05) is 0 Å². The molecule has 0 bridgehead atoms. The van der Waals surface area contributed by atoms with E-state index in [4.69, 9.17) is 16.7 Å². The molecule has 0 aliphatic carbocycles. The summed E-state index contributed by atoms with van der Waals surface area (Å²) in [5, 5.41) is 10.3. The first kappa shape index (κ1) is 7.98. The number of hydrogen-bond acceptors (Lipinski definition) is 3. The quantitative estimate of drug-likeness (QED) is 0.716. The average Bonchev–Trinajstić information content (AvgIpc) is 2.49. The molecule has 2 heterocycles. The molecule has 1 N–H and O–H groups in total. The summed E-state index contributed by atoms with van der Waals surface area (Å²) in [6, 6.07) is 3.76. The van der Waals surface area contributed by atoms with Gasteiger partial charge in [0.15, 0.2) is 0 Å². The van der Waals surface area contributed by atoms with Crippen LogP contribution in [0, 0.1) is 0 Å². The largest absolute Gasteiger partial charge is 0.391 e. The van der Waals surface area contributed by atoms with Crippen molar-refractivity contribution >= 4 is 33.0 Å². The first-order valence-electron chi connectivity index (χ1n) is 3.45. The Morgan fingerprint density at radius 3 is 3.08 bits per heavy atom. The maximum Gasteiger partial charge on any atom is 0.137 e. The van der Waals surface area contributed by atoms with E-state index in [0.29, 0.717) is 5.15 Å². The number of aromatic nitrogens is 1. The average molecular weight is 200 g/mol. The van der Waals surface area contributed by atoms with Gasteiger partial charge >= 0.3 is 0 Å². The number of thiophene rings is 1. The van der Waals surface area contributed by atoms with E-state index in [1.807, 2.05) is 12.1 Å². The lowest BCUT2D eigenvalue weighted by Gasteiger charge is -1.88. The summed E-state index contributed by atoms with van der Waals surface area (Å²) in [4.78, 5) is 4.86. The van der Waals surface area contributed by atoms with Gasteiger partial charge in [0, 0.05) is 21.2 Å². The molecule has 2 rings (SSSR count). The Balaban J connectivity index is 2.74. The van der Waals surface area contributed by atoms with Crippen LogP contribution in [0.1, 0.15) is 4.88 Å². The third-order valence-corrected chi connectivity index (χ3v) is 2.99. The Morgan fingerprint density at radius 2 is 2.42 bits per heavy atom. The molecule has 62 valence electrons. The second-order valence-corrected chi connectivity index (χ2v) is 3.91. The number of halogens is 1. The Hall–Kier alpha value is -0.640. The van der Waals surface area contributed by atoms with E-state index < -0.39 is 0 Å². The number of rotatable bonds is 1. The van der Waals surface area contributed by atoms with E-state index in [-0.39, 0.29) is 6.61 Å². The Kier molecular flexibility index (Phi) is 2.00. The van der Waals surface area contributed by atoms with Gasteiger partial charge in [-0.2, -0.15) is 0 Å². The molecular weight excluding hydrogens is 194 g/mol. The van der Waals surface area contributed by atoms with Gasteiger partial charge in [-0.3, -0.25) is 0 Å². The van der Waals surface area contributed by atoms with Crippen LogP contribution in [0.3, 0.4) is 0 Å². The monoisotopic (exact) mass is 199 g/mol. The lowest BCUT2D eigenvalue weighted by Crippen LogP contribution is -1.72. The van der Waals surface area contributed by atoms with Crippen LogP contribution in [0.2, 0.25) is 5.15 Å². The van der Waals surface area contributed by atoms with Crippen molar-refractivity contribution in [1.82, 2.24) is 4.98 Å². The minimum Gasteiger partial charge on any atom is -0.391 e. The maximum absolute atomic E-state index is 8.88. The van der Waals surface area contributed by atoms with Gasteiger partial charge in [-0.15, -0.1) is 11.3 Å². The number of pyridine rings is 1. The van der Waals surface area contributed by atoms with Gasteiger partial charge in [-0.25, -0.2) is 4.98 Å². The summed E-state index contributed by atoms with van der Waals surface area (Å²) in [7, 11) is 0. The molecule has 0 radical (unpaired) electrons. The molecule has 2 aromatic heterocycles. The fourth-order valence-corrected chi connectivity index (χ4v) is 2.25. The minimum atomic E-state index is 0.0652. The topological polar surface area (TPSA) is 33.1 Å². The number of hydrogen-bond donors (Lipinski definition) is 1. The van der Waals surface area contributed by atoms with E-state index in [1.54, 1.807) is 6.20 Å². The van der Waals surface area contributed by atoms with Crippen LogP contribution in [0.15, 0.2) is 18.3 Å². The summed E-state index contributed by atoms with van der Waals surface area (Å²) in [5.74, 6) is 0. The van der Waals surface area contributed by atoms with Crippen LogP contribution < -0.4 is 0 Å². The van der Waals surface area contributed by atoms with Gasteiger partial charge in [-0.05, 0) is 12.1 Å². The Bertz CT molecular complexity index is 412. The van der Waals surface area contributed by atoms with Gasteiger partial charge < -0.3 is 5.11 Å². The number of fused-ring (bicyclic) bond motifs is 1. The zero-order valence-corrected chi connectivity index (χ0v) is 7.69. The summed E-state index contributed by atoms with van der Waals surface area (Å²) < 4.78 is 1.07. The molecule has 2 nitrogen and oxygen atoms in total. The molecule has 0 atom stereocenters. The molecule has 0 fully saturated rings. The van der Waals surface area contributed by atoms with Crippen LogP contribution in [0.5, 0.6) is 0 Å². The van der Waals surface area contributed by atoms with E-state index in [2.05, 4.69) is 4.98 Å². The van der Waals surface area contributed by atoms with Crippen molar-refractivity contribution in [2.45, 2.75) is 6.61 Å². The molecule has 0 saturated heterocycles. The molecular formula is C8H6ClNOS. The Morgan fingerprint density at radius 1 is 1.58 bits per heavy atom. The SMILES string of the molecule is OCc1cc2c(Cl)nccc2s1. The molecule has 0 amide bonds. The van der Waals surface area contributed by atoms with Gasteiger partial charge in [-0.1, -0.05) is 11.6 Å². The van der Waals surface area contributed by atoms with E-state index >= 15 is 0 Å². The molecule has 0 unspecified atom stereocenters. The smallest absolute Gasteiger partial charge is 0.137 e. The molecule has 12 heavy (non-hydrogen) atoms. The maximum atomic E-state index is 8.88. The van der Waals surface area contributed by atoms with Gasteiger partial charge in [0.25, 0.3) is 0 Å². The van der Waals surface area contributed by atoms with Crippen molar-refractivity contribution in [2.24, 2.45) is 0 Å². The molecule has 0 spiro atoms. The lowest BCUT2D eigenvalue weighted by atomic mass is 10.3. The Labute approximate surface area is 78.4 Å². The number of aliphatic hydroxyl groups excluding tert-OH is 1. The third-order valence-electron chi connectivity index (χ3n) is 1.60. The van der Waals surface area contributed by atoms with E-state index in [1.165, 1.54) is 11.3 Å². The molecule has 0 saturated carbocycles. The second kappa shape index (κ2) is 3.01. The molecule has 4 heteroatoms. The highest BCUT2D eigenvalue weighted by Gasteiger charge is 2.03. The first-order chi connectivity index (χ1) is 5.81. The molecule has 2 aromatic rings. The standard InChI is InChI=1S/C8H6ClNOS/c9-8-6-3-5(4-11)12-7(6)1-2-10-8/h1-3,11H,4H2. The summed E-state index contributed by atoms with van der Waals surface area (Å²) in [6.45, 7) is 0.0652. The fraction of sp³-hybridized carbons (Fsp3) is 0.125. The molecule has 0 aliphatic heterocycles. The van der Waals surface area contributed by atoms with Crippen LogP contribution in [0.25, 0.3) is 10.1 Å². The predicted molar refractivity (Wildman–Crippen MR) is 50.6 cm³/mol. The van der Waals surface area contributed by atoms with Crippen LogP contribution in [-0.2, 0) is 6.61 Å². The van der Waals surface area contributed by atoms with Crippen molar-refractivity contribution < 1.29 is 5.11 Å². The van der Waals surface area contributed by atoms with Crippen LogP contribution >= 0.6 is 22.9 Å². The third kappa shape index (κ3) is 1.20. The summed E-state index contributed by atoms with van der Waals surface area (Å²) in [5.41, 5.74) is 0. The van der Waals surface area contributed by atoms with Crippen molar-refractivity contribution in [3.05, 3.63) is 28.4 Å². The highest BCUT2D eigenvalue weighted by Crippen LogP contribution is 2.29. The van der Waals surface area contributed by atoms with Crippen molar-refractivity contribution in [3.63, 3.8) is 0 Å². The fourth-order valence-electron chi connectivity index (χ4n) is 1.06. The number of nitrogens with zero attached hydrogens (tertiary/aromatic N) is 1. The van der Waals surface area contributed by atoms with Crippen LogP contribution in [0.4, 0.5) is 0 Å².